The average Bonchev–Trinajstić information content (AvgIpc) is 2.95. The fourth-order valence-electron chi connectivity index (χ4n) is 1.51. The molecule has 0 spiro atoms. The fourth-order valence-corrected chi connectivity index (χ4v) is 2.70. The Balaban J connectivity index is 1.89. The first-order valence-corrected chi connectivity index (χ1v) is 6.23. The second kappa shape index (κ2) is 4.26. The van der Waals surface area contributed by atoms with Gasteiger partial charge in [-0.15, -0.1) is 11.8 Å². The number of rotatable bonds is 4. The Morgan fingerprint density at radius 3 is 2.93 bits per heavy atom. The predicted molar refractivity (Wildman–Crippen MR) is 63.7 cm³/mol. The number of aryl methyl sites for hydroxylation is 1. The van der Waals surface area contributed by atoms with E-state index < -0.39 is 0 Å². The van der Waals surface area contributed by atoms with Crippen molar-refractivity contribution in [2.45, 2.75) is 31.1 Å². The van der Waals surface area contributed by atoms with Gasteiger partial charge in [0, 0.05) is 10.6 Å². The van der Waals surface area contributed by atoms with Crippen LogP contribution >= 0.6 is 11.8 Å². The zero-order valence-corrected chi connectivity index (χ0v) is 9.44. The van der Waals surface area contributed by atoms with Crippen molar-refractivity contribution >= 4 is 17.4 Å². The van der Waals surface area contributed by atoms with E-state index in [0.29, 0.717) is 0 Å². The molecule has 1 aromatic rings. The summed E-state index contributed by atoms with van der Waals surface area (Å²) in [5.74, 6) is 2.28. The van der Waals surface area contributed by atoms with Crippen LogP contribution in [0.2, 0.25) is 0 Å². The van der Waals surface area contributed by atoms with Crippen LogP contribution in [0.5, 0.6) is 0 Å². The van der Waals surface area contributed by atoms with Crippen LogP contribution < -0.4 is 5.73 Å². The average molecular weight is 207 g/mol. The van der Waals surface area contributed by atoms with E-state index in [2.05, 4.69) is 19.1 Å². The highest BCUT2D eigenvalue weighted by molar-refractivity contribution is 7.99. The van der Waals surface area contributed by atoms with Crippen molar-refractivity contribution in [1.29, 1.82) is 0 Å². The minimum atomic E-state index is 0.879. The summed E-state index contributed by atoms with van der Waals surface area (Å²) in [5.41, 5.74) is 7.98. The Labute approximate surface area is 90.1 Å². The van der Waals surface area contributed by atoms with Crippen molar-refractivity contribution in [3.8, 4) is 0 Å². The van der Waals surface area contributed by atoms with Crippen molar-refractivity contribution in [3.05, 3.63) is 23.8 Å². The van der Waals surface area contributed by atoms with Gasteiger partial charge in [0.15, 0.2) is 0 Å². The number of hydrogen-bond donors (Lipinski definition) is 1. The van der Waals surface area contributed by atoms with E-state index in [1.165, 1.54) is 35.5 Å². The van der Waals surface area contributed by atoms with Gasteiger partial charge in [-0.25, -0.2) is 0 Å². The Morgan fingerprint density at radius 2 is 2.21 bits per heavy atom. The number of nitrogens with two attached hydrogens (primary N) is 1. The fraction of sp³-hybridized carbons (Fsp3) is 0.500. The molecule has 0 radical (unpaired) electrons. The molecule has 1 aromatic carbocycles. The second-order valence-corrected chi connectivity index (χ2v) is 5.24. The van der Waals surface area contributed by atoms with Crippen LogP contribution in [-0.4, -0.2) is 5.75 Å². The van der Waals surface area contributed by atoms with Gasteiger partial charge in [0.1, 0.15) is 0 Å². The molecule has 1 aliphatic carbocycles. The van der Waals surface area contributed by atoms with Crippen LogP contribution in [0, 0.1) is 12.8 Å². The van der Waals surface area contributed by atoms with E-state index in [0.717, 1.165) is 11.6 Å². The smallest absolute Gasteiger partial charge is 0.0325 e. The van der Waals surface area contributed by atoms with Crippen molar-refractivity contribution in [2.24, 2.45) is 5.92 Å². The molecule has 1 nitrogen and oxygen atoms in total. The molecule has 0 heterocycles. The molecule has 0 saturated heterocycles. The summed E-state index contributed by atoms with van der Waals surface area (Å²) in [6, 6.07) is 6.17. The molecule has 0 atom stereocenters. The number of thioether (sulfide) groups is 1. The quantitative estimate of drug-likeness (QED) is 0.604. The Kier molecular flexibility index (Phi) is 3.02. The molecular formula is C12H17NS. The van der Waals surface area contributed by atoms with Crippen LogP contribution in [0.1, 0.15) is 24.8 Å². The van der Waals surface area contributed by atoms with Gasteiger partial charge < -0.3 is 5.73 Å². The number of nitrogen functional groups attached to an aromatic ring is 1. The Hall–Kier alpha value is -0.630. The lowest BCUT2D eigenvalue weighted by molar-refractivity contribution is 0.809. The van der Waals surface area contributed by atoms with Crippen molar-refractivity contribution in [3.63, 3.8) is 0 Å². The maximum Gasteiger partial charge on any atom is 0.0325 e. The monoisotopic (exact) mass is 207 g/mol. The molecule has 0 amide bonds. The first-order valence-electron chi connectivity index (χ1n) is 5.24. The lowest BCUT2D eigenvalue weighted by Gasteiger charge is -2.05. The number of benzene rings is 1. The van der Waals surface area contributed by atoms with Gasteiger partial charge in [0.25, 0.3) is 0 Å². The highest BCUT2D eigenvalue weighted by atomic mass is 32.2. The minimum Gasteiger partial charge on any atom is -0.399 e. The Morgan fingerprint density at radius 1 is 1.43 bits per heavy atom. The number of hydrogen-bond acceptors (Lipinski definition) is 2. The summed E-state index contributed by atoms with van der Waals surface area (Å²) in [6.07, 6.45) is 4.28. The van der Waals surface area contributed by atoms with Gasteiger partial charge in [0.05, 0.1) is 0 Å². The summed E-state index contributed by atoms with van der Waals surface area (Å²) >= 11 is 1.95. The summed E-state index contributed by atoms with van der Waals surface area (Å²) in [5, 5.41) is 0. The molecule has 0 aromatic heterocycles. The van der Waals surface area contributed by atoms with E-state index in [1.54, 1.807) is 0 Å². The third kappa shape index (κ3) is 2.68. The van der Waals surface area contributed by atoms with Gasteiger partial charge in [0.2, 0.25) is 0 Å². The zero-order chi connectivity index (χ0) is 9.97. The minimum absolute atomic E-state index is 0.879. The van der Waals surface area contributed by atoms with Crippen LogP contribution in [-0.2, 0) is 0 Å². The standard InChI is InChI=1S/C12H17NS/c1-9-2-5-11(13)8-12(9)14-7-6-10-3-4-10/h2,5,8,10H,3-4,6-7,13H2,1H3. The Bertz CT molecular complexity index is 318. The lowest BCUT2D eigenvalue weighted by atomic mass is 10.2. The molecule has 2 heteroatoms. The third-order valence-corrected chi connectivity index (χ3v) is 3.88. The molecule has 1 saturated carbocycles. The van der Waals surface area contributed by atoms with Crippen LogP contribution in [0.25, 0.3) is 0 Å². The molecule has 2 rings (SSSR count). The van der Waals surface area contributed by atoms with E-state index >= 15 is 0 Å². The van der Waals surface area contributed by atoms with E-state index in [1.807, 2.05) is 17.8 Å². The van der Waals surface area contributed by atoms with Crippen molar-refractivity contribution in [1.82, 2.24) is 0 Å². The predicted octanol–water partition coefficient (Wildman–Crippen LogP) is 3.47. The summed E-state index contributed by atoms with van der Waals surface area (Å²) < 4.78 is 0. The maximum atomic E-state index is 5.76. The van der Waals surface area contributed by atoms with Gasteiger partial charge in [-0.05, 0) is 42.7 Å². The van der Waals surface area contributed by atoms with Gasteiger partial charge in [-0.3, -0.25) is 0 Å². The largest absolute Gasteiger partial charge is 0.399 e. The summed E-state index contributed by atoms with van der Waals surface area (Å²) in [4.78, 5) is 1.35. The maximum absolute atomic E-state index is 5.76. The normalized spacial score (nSPS) is 15.8. The van der Waals surface area contributed by atoms with Gasteiger partial charge >= 0.3 is 0 Å². The van der Waals surface area contributed by atoms with Crippen molar-refractivity contribution < 1.29 is 0 Å². The molecule has 0 bridgehead atoms. The second-order valence-electron chi connectivity index (χ2n) is 4.11. The molecule has 0 unspecified atom stereocenters. The SMILES string of the molecule is Cc1ccc(N)cc1SCCC1CC1. The molecular weight excluding hydrogens is 190 g/mol. The number of anilines is 1. The van der Waals surface area contributed by atoms with Crippen LogP contribution in [0.15, 0.2) is 23.1 Å². The van der Waals surface area contributed by atoms with Crippen molar-refractivity contribution in [2.75, 3.05) is 11.5 Å². The first-order chi connectivity index (χ1) is 6.75. The molecule has 2 N–H and O–H groups in total. The van der Waals surface area contributed by atoms with Crippen LogP contribution in [0.3, 0.4) is 0 Å². The molecule has 1 aliphatic rings. The van der Waals surface area contributed by atoms with E-state index in [-0.39, 0.29) is 0 Å². The lowest BCUT2D eigenvalue weighted by Crippen LogP contribution is -1.89. The molecule has 0 aliphatic heterocycles. The topological polar surface area (TPSA) is 26.0 Å². The van der Waals surface area contributed by atoms with Gasteiger partial charge in [-0.2, -0.15) is 0 Å². The van der Waals surface area contributed by atoms with E-state index in [9.17, 15) is 0 Å². The highest BCUT2D eigenvalue weighted by Gasteiger charge is 2.20. The molecule has 76 valence electrons. The van der Waals surface area contributed by atoms with E-state index in [4.69, 9.17) is 5.73 Å². The zero-order valence-electron chi connectivity index (χ0n) is 8.62. The third-order valence-electron chi connectivity index (χ3n) is 2.69. The van der Waals surface area contributed by atoms with Gasteiger partial charge in [-0.1, -0.05) is 18.9 Å². The molecule has 1 fully saturated rings. The van der Waals surface area contributed by atoms with Crippen LogP contribution in [0.4, 0.5) is 5.69 Å². The summed E-state index contributed by atoms with van der Waals surface area (Å²) in [6.45, 7) is 2.15. The summed E-state index contributed by atoms with van der Waals surface area (Å²) in [7, 11) is 0. The molecule has 14 heavy (non-hydrogen) atoms. The highest BCUT2D eigenvalue weighted by Crippen LogP contribution is 2.35. The first kappa shape index (κ1) is 9.91.